The van der Waals surface area contributed by atoms with Crippen molar-refractivity contribution in [1.29, 1.82) is 0 Å². The van der Waals surface area contributed by atoms with E-state index in [0.717, 1.165) is 18.9 Å². The summed E-state index contributed by atoms with van der Waals surface area (Å²) in [5.41, 5.74) is -0.357. The van der Waals surface area contributed by atoms with Crippen LogP contribution < -0.4 is 10.9 Å². The molecule has 0 unspecified atom stereocenters. The Morgan fingerprint density at radius 1 is 1.34 bits per heavy atom. The summed E-state index contributed by atoms with van der Waals surface area (Å²) < 4.78 is 41.8. The third-order valence-electron chi connectivity index (χ3n) is 4.70. The van der Waals surface area contributed by atoms with Gasteiger partial charge < -0.3 is 5.32 Å². The van der Waals surface area contributed by atoms with Crippen LogP contribution in [-0.2, 0) is 12.7 Å². The standard InChI is InChI=1S/C18H18F3N5O2S/c1-3-22-16(28)15-9(2)29-17-23-11(6-14(27)26(15)17)8-25-12(10-4-5-10)7-13(24-25)18(19,20)21/h6-7,10H,3-5,8H2,1-2H3,(H,22,28). The van der Waals surface area contributed by atoms with Gasteiger partial charge in [0.1, 0.15) is 5.69 Å². The molecule has 0 atom stereocenters. The maximum atomic E-state index is 13.1. The monoisotopic (exact) mass is 425 g/mol. The van der Waals surface area contributed by atoms with Gasteiger partial charge >= 0.3 is 6.18 Å². The highest BCUT2D eigenvalue weighted by atomic mass is 32.1. The van der Waals surface area contributed by atoms with Crippen LogP contribution in [0, 0.1) is 6.92 Å². The van der Waals surface area contributed by atoms with E-state index in [0.29, 0.717) is 27.8 Å². The summed E-state index contributed by atoms with van der Waals surface area (Å²) in [6.07, 6.45) is -2.89. The predicted molar refractivity (Wildman–Crippen MR) is 100 cm³/mol. The molecule has 0 radical (unpaired) electrons. The van der Waals surface area contributed by atoms with Gasteiger partial charge in [-0.25, -0.2) is 9.38 Å². The van der Waals surface area contributed by atoms with Crippen LogP contribution in [0.25, 0.3) is 4.96 Å². The van der Waals surface area contributed by atoms with Crippen LogP contribution in [-0.4, -0.2) is 31.6 Å². The van der Waals surface area contributed by atoms with Gasteiger partial charge in [-0.15, -0.1) is 11.3 Å². The van der Waals surface area contributed by atoms with Crippen LogP contribution in [0.15, 0.2) is 16.9 Å². The fourth-order valence-corrected chi connectivity index (χ4v) is 4.26. The van der Waals surface area contributed by atoms with Gasteiger partial charge in [0, 0.05) is 29.1 Å². The number of carbonyl (C=O) groups excluding carboxylic acids is 1. The first-order chi connectivity index (χ1) is 13.7. The van der Waals surface area contributed by atoms with Crippen LogP contribution in [0.1, 0.15) is 58.1 Å². The zero-order valence-corrected chi connectivity index (χ0v) is 16.5. The number of carbonyl (C=O) groups is 1. The Balaban J connectivity index is 1.74. The highest BCUT2D eigenvalue weighted by Crippen LogP contribution is 2.42. The first-order valence-corrected chi connectivity index (χ1v) is 9.96. The van der Waals surface area contributed by atoms with E-state index in [1.807, 2.05) is 0 Å². The van der Waals surface area contributed by atoms with Crippen molar-refractivity contribution >= 4 is 22.2 Å². The number of nitrogens with zero attached hydrogens (tertiary/aromatic N) is 4. The lowest BCUT2D eigenvalue weighted by Crippen LogP contribution is -2.28. The van der Waals surface area contributed by atoms with Crippen molar-refractivity contribution in [2.75, 3.05) is 6.54 Å². The Hall–Kier alpha value is -2.69. The number of halogens is 3. The molecule has 11 heteroatoms. The molecule has 1 saturated carbocycles. The average molecular weight is 425 g/mol. The number of aromatic nitrogens is 4. The average Bonchev–Trinajstić information content (AvgIpc) is 3.27. The molecule has 3 aromatic heterocycles. The first kappa shape index (κ1) is 19.6. The number of hydrogen-bond acceptors (Lipinski definition) is 5. The predicted octanol–water partition coefficient (Wildman–Crippen LogP) is 2.96. The summed E-state index contributed by atoms with van der Waals surface area (Å²) in [5.74, 6) is -0.317. The molecule has 1 amide bonds. The third-order valence-corrected chi connectivity index (χ3v) is 5.66. The van der Waals surface area contributed by atoms with Crippen molar-refractivity contribution in [3.05, 3.63) is 50.1 Å². The number of nitrogens with one attached hydrogen (secondary N) is 1. The van der Waals surface area contributed by atoms with E-state index in [-0.39, 0.29) is 24.1 Å². The molecule has 0 aliphatic heterocycles. The maximum Gasteiger partial charge on any atom is 0.435 e. The molecule has 4 rings (SSSR count). The lowest BCUT2D eigenvalue weighted by atomic mass is 10.2. The van der Waals surface area contributed by atoms with Crippen molar-refractivity contribution in [2.24, 2.45) is 0 Å². The topological polar surface area (TPSA) is 81.3 Å². The van der Waals surface area contributed by atoms with Gasteiger partial charge in [-0.1, -0.05) is 0 Å². The Morgan fingerprint density at radius 2 is 2.07 bits per heavy atom. The second-order valence-corrected chi connectivity index (χ2v) is 8.14. The van der Waals surface area contributed by atoms with Crippen molar-refractivity contribution in [3.8, 4) is 0 Å². The van der Waals surface area contributed by atoms with Gasteiger partial charge in [0.2, 0.25) is 0 Å². The normalized spacial score (nSPS) is 14.5. The van der Waals surface area contributed by atoms with E-state index < -0.39 is 17.4 Å². The zero-order valence-electron chi connectivity index (χ0n) is 15.7. The molecule has 3 aromatic rings. The number of hydrogen-bond donors (Lipinski definition) is 1. The summed E-state index contributed by atoms with van der Waals surface area (Å²) >= 11 is 1.19. The highest BCUT2D eigenvalue weighted by Gasteiger charge is 2.37. The molecule has 154 valence electrons. The van der Waals surface area contributed by atoms with Gasteiger partial charge in [0.15, 0.2) is 10.7 Å². The van der Waals surface area contributed by atoms with Gasteiger partial charge in [-0.3, -0.25) is 14.3 Å². The van der Waals surface area contributed by atoms with Crippen LogP contribution >= 0.6 is 11.3 Å². The lowest BCUT2D eigenvalue weighted by molar-refractivity contribution is -0.141. The number of aryl methyl sites for hydroxylation is 1. The largest absolute Gasteiger partial charge is 0.435 e. The summed E-state index contributed by atoms with van der Waals surface area (Å²) in [7, 11) is 0. The maximum absolute atomic E-state index is 13.1. The number of thiazole rings is 1. The fraction of sp³-hybridized carbons (Fsp3) is 0.444. The Labute approximate surface area is 167 Å². The molecule has 1 N–H and O–H groups in total. The minimum absolute atomic E-state index is 0.0406. The highest BCUT2D eigenvalue weighted by molar-refractivity contribution is 7.17. The number of amides is 1. The van der Waals surface area contributed by atoms with Crippen LogP contribution in [0.4, 0.5) is 13.2 Å². The Morgan fingerprint density at radius 3 is 2.69 bits per heavy atom. The van der Waals surface area contributed by atoms with Crippen molar-refractivity contribution < 1.29 is 18.0 Å². The minimum Gasteiger partial charge on any atom is -0.351 e. The minimum atomic E-state index is -4.53. The summed E-state index contributed by atoms with van der Waals surface area (Å²) in [6.45, 7) is 3.87. The Kier molecular flexibility index (Phi) is 4.72. The molecule has 0 saturated heterocycles. The molecule has 0 bridgehead atoms. The van der Waals surface area contributed by atoms with Gasteiger partial charge in [-0.2, -0.15) is 18.3 Å². The SMILES string of the molecule is CCNC(=O)c1c(C)sc2nc(Cn3nc(C(F)(F)F)cc3C3CC3)cc(=O)n12. The third kappa shape index (κ3) is 3.66. The molecule has 0 aromatic carbocycles. The van der Waals surface area contributed by atoms with E-state index in [4.69, 9.17) is 0 Å². The number of rotatable bonds is 5. The lowest BCUT2D eigenvalue weighted by Gasteiger charge is -2.07. The number of fused-ring (bicyclic) bond motifs is 1. The van der Waals surface area contributed by atoms with Crippen molar-refractivity contribution in [2.45, 2.75) is 45.3 Å². The van der Waals surface area contributed by atoms with Crippen LogP contribution in [0.3, 0.4) is 0 Å². The second kappa shape index (κ2) is 6.97. The second-order valence-electron chi connectivity index (χ2n) is 6.95. The molecule has 1 fully saturated rings. The van der Waals surface area contributed by atoms with Gasteiger partial charge in [0.25, 0.3) is 11.5 Å². The van der Waals surface area contributed by atoms with E-state index in [1.54, 1.807) is 13.8 Å². The molecule has 7 nitrogen and oxygen atoms in total. The van der Waals surface area contributed by atoms with E-state index in [2.05, 4.69) is 15.4 Å². The molecular formula is C18H18F3N5O2S. The molecule has 1 aliphatic rings. The summed E-state index contributed by atoms with van der Waals surface area (Å²) in [4.78, 5) is 30.3. The van der Waals surface area contributed by atoms with Crippen LogP contribution in [0.2, 0.25) is 0 Å². The van der Waals surface area contributed by atoms with E-state index in [9.17, 15) is 22.8 Å². The van der Waals surface area contributed by atoms with Crippen molar-refractivity contribution in [3.63, 3.8) is 0 Å². The van der Waals surface area contributed by atoms with E-state index in [1.165, 1.54) is 26.5 Å². The molecule has 3 heterocycles. The molecular weight excluding hydrogens is 407 g/mol. The zero-order chi connectivity index (χ0) is 20.9. The fourth-order valence-electron chi connectivity index (χ4n) is 3.27. The summed E-state index contributed by atoms with van der Waals surface area (Å²) in [6, 6.07) is 2.32. The molecule has 0 spiro atoms. The smallest absolute Gasteiger partial charge is 0.351 e. The van der Waals surface area contributed by atoms with Gasteiger partial charge in [0.05, 0.1) is 12.2 Å². The van der Waals surface area contributed by atoms with Crippen molar-refractivity contribution in [1.82, 2.24) is 24.5 Å². The Bertz CT molecular complexity index is 1160. The van der Waals surface area contributed by atoms with Gasteiger partial charge in [-0.05, 0) is 32.8 Å². The van der Waals surface area contributed by atoms with Crippen LogP contribution in [0.5, 0.6) is 0 Å². The molecule has 1 aliphatic carbocycles. The number of alkyl halides is 3. The first-order valence-electron chi connectivity index (χ1n) is 9.14. The molecule has 29 heavy (non-hydrogen) atoms. The summed E-state index contributed by atoms with van der Waals surface area (Å²) in [5, 5.41) is 6.37. The quantitative estimate of drug-likeness (QED) is 0.682. The van der Waals surface area contributed by atoms with E-state index >= 15 is 0 Å².